The van der Waals surface area contributed by atoms with Crippen molar-refractivity contribution in [1.82, 2.24) is 15.0 Å². The Labute approximate surface area is 401 Å². The van der Waals surface area contributed by atoms with Crippen molar-refractivity contribution >= 4 is 21.5 Å². The van der Waals surface area contributed by atoms with Crippen molar-refractivity contribution < 1.29 is 0 Å². The first-order valence-corrected chi connectivity index (χ1v) is 23.6. The SMILES string of the molecule is c1ccc(-c2ccc(-c3nc(-c4ccc5cc(-c6cccc7c6-c6ccccc6C7(c6ccccc6)c6ccccc6)ccc5c4)nc(-c4c(-c5ccccc5)ccc5ccccc45)n3)cc2)cc1. The van der Waals surface area contributed by atoms with Gasteiger partial charge in [0.05, 0.1) is 5.41 Å². The van der Waals surface area contributed by atoms with Crippen molar-refractivity contribution in [3.05, 3.63) is 283 Å². The van der Waals surface area contributed by atoms with Crippen LogP contribution in [0.4, 0.5) is 0 Å². The lowest BCUT2D eigenvalue weighted by Gasteiger charge is -2.34. The van der Waals surface area contributed by atoms with E-state index in [4.69, 9.17) is 15.0 Å². The van der Waals surface area contributed by atoms with Gasteiger partial charge >= 0.3 is 0 Å². The lowest BCUT2D eigenvalue weighted by atomic mass is 9.67. The van der Waals surface area contributed by atoms with E-state index in [1.165, 1.54) is 44.5 Å². The fourth-order valence-corrected chi connectivity index (χ4v) is 10.8. The smallest absolute Gasteiger partial charge is 0.165 e. The van der Waals surface area contributed by atoms with E-state index in [2.05, 4.69) is 255 Å². The van der Waals surface area contributed by atoms with Gasteiger partial charge in [0.25, 0.3) is 0 Å². The van der Waals surface area contributed by atoms with Crippen LogP contribution in [0, 0.1) is 0 Å². The number of rotatable bonds is 8. The highest BCUT2D eigenvalue weighted by Gasteiger charge is 2.46. The molecule has 0 fully saturated rings. The first kappa shape index (κ1) is 40.2. The third-order valence-corrected chi connectivity index (χ3v) is 14.0. The van der Waals surface area contributed by atoms with Gasteiger partial charge in [-0.15, -0.1) is 0 Å². The van der Waals surface area contributed by atoms with Crippen LogP contribution in [0.2, 0.25) is 0 Å². The summed E-state index contributed by atoms with van der Waals surface area (Å²) in [4.78, 5) is 15.9. The molecule has 0 unspecified atom stereocenters. The van der Waals surface area contributed by atoms with Crippen molar-refractivity contribution in [1.29, 1.82) is 0 Å². The molecule has 0 atom stereocenters. The summed E-state index contributed by atoms with van der Waals surface area (Å²) >= 11 is 0. The Morgan fingerprint density at radius 2 is 0.710 bits per heavy atom. The molecule has 0 bridgehead atoms. The summed E-state index contributed by atoms with van der Waals surface area (Å²) in [7, 11) is 0. The van der Waals surface area contributed by atoms with Crippen LogP contribution in [0.5, 0.6) is 0 Å². The molecule has 1 aliphatic rings. The Morgan fingerprint density at radius 3 is 1.42 bits per heavy atom. The summed E-state index contributed by atoms with van der Waals surface area (Å²) in [6, 6.07) is 93.7. The molecular weight excluding hydrogens is 835 g/mol. The van der Waals surface area contributed by atoms with E-state index in [9.17, 15) is 0 Å². The minimum Gasteiger partial charge on any atom is -0.208 e. The van der Waals surface area contributed by atoms with Gasteiger partial charge in [-0.2, -0.15) is 0 Å². The maximum atomic E-state index is 5.37. The van der Waals surface area contributed by atoms with Gasteiger partial charge in [-0.25, -0.2) is 15.0 Å². The van der Waals surface area contributed by atoms with Gasteiger partial charge in [-0.1, -0.05) is 249 Å². The molecule has 0 N–H and O–H groups in total. The van der Waals surface area contributed by atoms with E-state index in [1.54, 1.807) is 0 Å². The maximum Gasteiger partial charge on any atom is 0.165 e. The summed E-state index contributed by atoms with van der Waals surface area (Å²) in [5.41, 5.74) is 16.9. The van der Waals surface area contributed by atoms with Crippen LogP contribution >= 0.6 is 0 Å². The van der Waals surface area contributed by atoms with Crippen LogP contribution in [-0.4, -0.2) is 15.0 Å². The van der Waals surface area contributed by atoms with Crippen LogP contribution in [0.15, 0.2) is 261 Å². The van der Waals surface area contributed by atoms with Gasteiger partial charge in [0.15, 0.2) is 17.5 Å². The largest absolute Gasteiger partial charge is 0.208 e. The summed E-state index contributed by atoms with van der Waals surface area (Å²) in [5.74, 6) is 1.88. The highest BCUT2D eigenvalue weighted by molar-refractivity contribution is 6.03. The molecule has 0 radical (unpaired) electrons. The zero-order valence-electron chi connectivity index (χ0n) is 37.7. The van der Waals surface area contributed by atoms with Crippen LogP contribution in [0.25, 0.3) is 100 Å². The summed E-state index contributed by atoms with van der Waals surface area (Å²) in [6.07, 6.45) is 0. The number of aromatic nitrogens is 3. The standard InChI is InChI=1S/C66H43N3/c1-5-18-44(19-6-1)45-32-34-48(35-33-45)63-67-64(69-65(68-63)62-55-27-14-13-22-47(55)40-41-57(62)46-20-7-2-8-21-46)52-39-37-49-42-51(38-36-50(49)43-52)56-29-17-31-60-61(56)58-28-15-16-30-59(58)66(60,53-23-9-3-10-24-53)54-25-11-4-12-26-54/h1-43H. The molecule has 0 spiro atoms. The van der Waals surface area contributed by atoms with Crippen molar-refractivity contribution in [2.75, 3.05) is 0 Å². The summed E-state index contributed by atoms with van der Waals surface area (Å²) in [6.45, 7) is 0. The van der Waals surface area contributed by atoms with Gasteiger partial charge < -0.3 is 0 Å². The number of hydrogen-bond acceptors (Lipinski definition) is 3. The molecule has 13 rings (SSSR count). The molecule has 11 aromatic carbocycles. The molecule has 3 heteroatoms. The van der Waals surface area contributed by atoms with Gasteiger partial charge in [0, 0.05) is 16.7 Å². The fraction of sp³-hybridized carbons (Fsp3) is 0.0152. The zero-order chi connectivity index (χ0) is 45.7. The third kappa shape index (κ3) is 6.78. The molecule has 0 aliphatic heterocycles. The molecule has 322 valence electrons. The number of nitrogens with zero attached hydrogens (tertiary/aromatic N) is 3. The van der Waals surface area contributed by atoms with E-state index in [0.717, 1.165) is 60.5 Å². The second-order valence-corrected chi connectivity index (χ2v) is 17.9. The second-order valence-electron chi connectivity index (χ2n) is 17.9. The summed E-state index contributed by atoms with van der Waals surface area (Å²) < 4.78 is 0. The molecule has 0 saturated carbocycles. The van der Waals surface area contributed by atoms with E-state index < -0.39 is 5.41 Å². The number of hydrogen-bond donors (Lipinski definition) is 0. The Balaban J connectivity index is 0.960. The lowest BCUT2D eigenvalue weighted by molar-refractivity contribution is 0.768. The molecule has 1 aromatic heterocycles. The Kier molecular flexibility index (Phi) is 9.73. The van der Waals surface area contributed by atoms with Gasteiger partial charge in [-0.3, -0.25) is 0 Å². The Hall–Kier alpha value is -9.05. The lowest BCUT2D eigenvalue weighted by Crippen LogP contribution is -2.28. The second kappa shape index (κ2) is 16.7. The minimum absolute atomic E-state index is 0.462. The molecule has 0 saturated heterocycles. The van der Waals surface area contributed by atoms with Gasteiger partial charge in [0.2, 0.25) is 0 Å². The minimum atomic E-state index is -0.462. The van der Waals surface area contributed by atoms with Crippen molar-refractivity contribution in [3.8, 4) is 78.7 Å². The Morgan fingerprint density at radius 1 is 0.246 bits per heavy atom. The first-order chi connectivity index (χ1) is 34.2. The summed E-state index contributed by atoms with van der Waals surface area (Å²) in [5, 5.41) is 4.47. The van der Waals surface area contributed by atoms with Crippen LogP contribution in [0.1, 0.15) is 22.3 Å². The number of fused-ring (bicyclic) bond motifs is 5. The monoisotopic (exact) mass is 877 g/mol. The molecule has 1 heterocycles. The first-order valence-electron chi connectivity index (χ1n) is 23.6. The van der Waals surface area contributed by atoms with E-state index in [0.29, 0.717) is 17.5 Å². The average molecular weight is 878 g/mol. The van der Waals surface area contributed by atoms with Crippen molar-refractivity contribution in [2.24, 2.45) is 0 Å². The molecule has 12 aromatic rings. The van der Waals surface area contributed by atoms with E-state index >= 15 is 0 Å². The van der Waals surface area contributed by atoms with Crippen molar-refractivity contribution in [2.45, 2.75) is 5.41 Å². The highest BCUT2D eigenvalue weighted by atomic mass is 15.0. The quantitative estimate of drug-likeness (QED) is 0.153. The van der Waals surface area contributed by atoms with E-state index in [-0.39, 0.29) is 0 Å². The van der Waals surface area contributed by atoms with Crippen LogP contribution in [-0.2, 0) is 5.41 Å². The third-order valence-electron chi connectivity index (χ3n) is 14.0. The average Bonchev–Trinajstić information content (AvgIpc) is 3.74. The van der Waals surface area contributed by atoms with Gasteiger partial charge in [-0.05, 0) is 100 Å². The van der Waals surface area contributed by atoms with E-state index in [1.807, 2.05) is 6.07 Å². The van der Waals surface area contributed by atoms with Crippen LogP contribution < -0.4 is 0 Å². The maximum absolute atomic E-state index is 5.37. The fourth-order valence-electron chi connectivity index (χ4n) is 10.8. The zero-order valence-corrected chi connectivity index (χ0v) is 37.7. The van der Waals surface area contributed by atoms with Crippen LogP contribution in [0.3, 0.4) is 0 Å². The highest BCUT2D eigenvalue weighted by Crippen LogP contribution is 2.58. The predicted molar refractivity (Wildman–Crippen MR) is 285 cm³/mol. The van der Waals surface area contributed by atoms with Gasteiger partial charge in [0.1, 0.15) is 0 Å². The van der Waals surface area contributed by atoms with Crippen molar-refractivity contribution in [3.63, 3.8) is 0 Å². The molecular formula is C66H43N3. The molecule has 3 nitrogen and oxygen atoms in total. The molecule has 69 heavy (non-hydrogen) atoms. The molecule has 0 amide bonds. The number of benzene rings is 11. The topological polar surface area (TPSA) is 38.7 Å². The predicted octanol–water partition coefficient (Wildman–Crippen LogP) is 16.5. The normalized spacial score (nSPS) is 12.5. The molecule has 1 aliphatic carbocycles. The Bertz CT molecular complexity index is 3830.